The lowest BCUT2D eigenvalue weighted by Gasteiger charge is -2.29. The Morgan fingerprint density at radius 3 is 2.61 bits per heavy atom. The van der Waals surface area contributed by atoms with Crippen LogP contribution in [0.2, 0.25) is 0 Å². The number of carbonyl (C=O) groups excluding carboxylic acids is 1. The van der Waals surface area contributed by atoms with Crippen LogP contribution in [-0.2, 0) is 4.79 Å². The molecule has 18 heavy (non-hydrogen) atoms. The summed E-state index contributed by atoms with van der Waals surface area (Å²) >= 11 is 4.93. The number of hydrogen-bond donors (Lipinski definition) is 2. The number of thiocarbonyl (C=S) groups is 1. The number of hydrogen-bond acceptors (Lipinski definition) is 4. The lowest BCUT2D eigenvalue weighted by atomic mass is 9.92. The van der Waals surface area contributed by atoms with Gasteiger partial charge in [-0.25, -0.2) is 0 Å². The number of carbonyl (C=O) groups is 1. The van der Waals surface area contributed by atoms with Crippen LogP contribution in [0, 0.1) is 17.2 Å². The van der Waals surface area contributed by atoms with Crippen molar-refractivity contribution < 1.29 is 9.53 Å². The van der Waals surface area contributed by atoms with Gasteiger partial charge in [0, 0.05) is 0 Å². The number of methoxy groups -OCH3 is 1. The van der Waals surface area contributed by atoms with Crippen LogP contribution in [0.25, 0.3) is 0 Å². The van der Waals surface area contributed by atoms with Crippen LogP contribution in [0.1, 0.15) is 11.6 Å². The zero-order valence-electron chi connectivity index (χ0n) is 9.64. The molecule has 1 aliphatic heterocycles. The van der Waals surface area contributed by atoms with E-state index in [0.717, 1.165) is 11.3 Å². The van der Waals surface area contributed by atoms with E-state index in [9.17, 15) is 4.79 Å². The Kier molecular flexibility index (Phi) is 3.44. The third-order valence-electron chi connectivity index (χ3n) is 2.75. The van der Waals surface area contributed by atoms with Gasteiger partial charge in [0.15, 0.2) is 5.11 Å². The number of amides is 1. The fourth-order valence-electron chi connectivity index (χ4n) is 1.82. The van der Waals surface area contributed by atoms with E-state index in [-0.39, 0.29) is 11.0 Å². The molecule has 1 fully saturated rings. The van der Waals surface area contributed by atoms with Gasteiger partial charge < -0.3 is 15.4 Å². The first-order valence-corrected chi connectivity index (χ1v) is 5.71. The van der Waals surface area contributed by atoms with Gasteiger partial charge in [-0.2, -0.15) is 5.26 Å². The van der Waals surface area contributed by atoms with E-state index in [4.69, 9.17) is 22.2 Å². The summed E-state index contributed by atoms with van der Waals surface area (Å²) in [6, 6.07) is 8.73. The first kappa shape index (κ1) is 12.3. The zero-order chi connectivity index (χ0) is 13.1. The molecular weight excluding hydrogens is 250 g/mol. The van der Waals surface area contributed by atoms with Crippen LogP contribution in [0.5, 0.6) is 5.75 Å². The predicted molar refractivity (Wildman–Crippen MR) is 68.7 cm³/mol. The molecule has 1 saturated heterocycles. The Morgan fingerprint density at radius 1 is 1.39 bits per heavy atom. The Bertz CT molecular complexity index is 521. The zero-order valence-corrected chi connectivity index (χ0v) is 10.5. The summed E-state index contributed by atoms with van der Waals surface area (Å²) in [5, 5.41) is 14.7. The highest BCUT2D eigenvalue weighted by molar-refractivity contribution is 7.80. The molecule has 92 valence electrons. The molecule has 2 atom stereocenters. The third-order valence-corrected chi connectivity index (χ3v) is 2.97. The summed E-state index contributed by atoms with van der Waals surface area (Å²) in [6.45, 7) is 0. The maximum atomic E-state index is 11.7. The summed E-state index contributed by atoms with van der Waals surface area (Å²) in [6.07, 6.45) is 0. The molecule has 2 rings (SSSR count). The maximum absolute atomic E-state index is 11.7. The van der Waals surface area contributed by atoms with Crippen LogP contribution >= 0.6 is 12.2 Å². The SMILES string of the molecule is COc1ccc([C@@H]2NC(=S)NC(=O)[C@@H]2C#N)cc1. The maximum Gasteiger partial charge on any atom is 0.245 e. The number of rotatable bonds is 2. The normalized spacial score (nSPS) is 22.7. The van der Waals surface area contributed by atoms with Crippen LogP contribution in [0.4, 0.5) is 0 Å². The van der Waals surface area contributed by atoms with E-state index in [1.54, 1.807) is 19.2 Å². The van der Waals surface area contributed by atoms with Crippen LogP contribution < -0.4 is 15.4 Å². The second-order valence-electron chi connectivity index (χ2n) is 3.82. The molecule has 6 heteroatoms. The molecule has 0 spiro atoms. The summed E-state index contributed by atoms with van der Waals surface area (Å²) in [5.41, 5.74) is 0.819. The largest absolute Gasteiger partial charge is 0.497 e. The molecule has 1 heterocycles. The third kappa shape index (κ3) is 2.26. The fraction of sp³-hybridized carbons (Fsp3) is 0.250. The molecule has 1 aromatic rings. The van der Waals surface area contributed by atoms with Crippen molar-refractivity contribution in [2.75, 3.05) is 7.11 Å². The highest BCUT2D eigenvalue weighted by atomic mass is 32.1. The summed E-state index contributed by atoms with van der Waals surface area (Å²) in [7, 11) is 1.58. The number of benzene rings is 1. The molecule has 0 aliphatic carbocycles. The number of nitrogens with one attached hydrogen (secondary N) is 2. The molecule has 5 nitrogen and oxygen atoms in total. The standard InChI is InChI=1S/C12H11N3O2S/c1-17-8-4-2-7(3-5-8)10-9(6-13)11(16)15-12(18)14-10/h2-5,9-10H,1H3,(H2,14,15,16,18)/t9-,10+/m1/s1. The topological polar surface area (TPSA) is 74.2 Å². The average molecular weight is 261 g/mol. The Hall–Kier alpha value is -2.13. The molecule has 2 N–H and O–H groups in total. The number of ether oxygens (including phenoxy) is 1. The lowest BCUT2D eigenvalue weighted by molar-refractivity contribution is -0.123. The summed E-state index contributed by atoms with van der Waals surface area (Å²) in [5.74, 6) is -0.456. The molecule has 1 aliphatic rings. The molecule has 0 bridgehead atoms. The van der Waals surface area contributed by atoms with Gasteiger partial charge in [-0.3, -0.25) is 4.79 Å². The van der Waals surface area contributed by atoms with Gasteiger partial charge in [-0.1, -0.05) is 12.1 Å². The molecule has 0 saturated carbocycles. The molecule has 1 amide bonds. The van der Waals surface area contributed by atoms with Crippen molar-refractivity contribution in [3.63, 3.8) is 0 Å². The van der Waals surface area contributed by atoms with Crippen molar-refractivity contribution in [3.05, 3.63) is 29.8 Å². The highest BCUT2D eigenvalue weighted by Crippen LogP contribution is 2.26. The first-order valence-electron chi connectivity index (χ1n) is 5.30. The fourth-order valence-corrected chi connectivity index (χ4v) is 2.05. The van der Waals surface area contributed by atoms with Gasteiger partial charge in [0.2, 0.25) is 5.91 Å². The Balaban J connectivity index is 2.31. The Morgan fingerprint density at radius 2 is 2.06 bits per heavy atom. The number of nitriles is 1. The van der Waals surface area contributed by atoms with Crippen LogP contribution in [0.15, 0.2) is 24.3 Å². The van der Waals surface area contributed by atoms with E-state index < -0.39 is 12.0 Å². The molecule has 1 aromatic carbocycles. The second-order valence-corrected chi connectivity index (χ2v) is 4.23. The number of nitrogens with zero attached hydrogens (tertiary/aromatic N) is 1. The van der Waals surface area contributed by atoms with Crippen molar-refractivity contribution in [2.45, 2.75) is 6.04 Å². The van der Waals surface area contributed by atoms with E-state index >= 15 is 0 Å². The molecule has 0 radical (unpaired) electrons. The Labute approximate surface area is 110 Å². The van der Waals surface area contributed by atoms with Gasteiger partial charge in [0.1, 0.15) is 11.7 Å². The van der Waals surface area contributed by atoms with Crippen LogP contribution in [-0.4, -0.2) is 18.1 Å². The predicted octanol–water partition coefficient (Wildman–Crippen LogP) is 0.880. The minimum atomic E-state index is -0.801. The van der Waals surface area contributed by atoms with Gasteiger partial charge >= 0.3 is 0 Å². The van der Waals surface area contributed by atoms with Gasteiger partial charge in [-0.05, 0) is 29.9 Å². The summed E-state index contributed by atoms with van der Waals surface area (Å²) in [4.78, 5) is 11.7. The van der Waals surface area contributed by atoms with Crippen LogP contribution in [0.3, 0.4) is 0 Å². The van der Waals surface area contributed by atoms with Crippen molar-refractivity contribution in [1.29, 1.82) is 5.26 Å². The second kappa shape index (κ2) is 5.02. The van der Waals surface area contributed by atoms with Gasteiger partial charge in [0.05, 0.1) is 19.2 Å². The average Bonchev–Trinajstić information content (AvgIpc) is 2.38. The molecular formula is C12H11N3O2S. The van der Waals surface area contributed by atoms with Crippen molar-refractivity contribution in [1.82, 2.24) is 10.6 Å². The molecule has 0 unspecified atom stereocenters. The quantitative estimate of drug-likeness (QED) is 0.773. The minimum absolute atomic E-state index is 0.243. The van der Waals surface area contributed by atoms with Crippen molar-refractivity contribution in [3.8, 4) is 11.8 Å². The van der Waals surface area contributed by atoms with E-state index in [0.29, 0.717) is 0 Å². The first-order chi connectivity index (χ1) is 8.65. The van der Waals surface area contributed by atoms with E-state index in [1.165, 1.54) is 0 Å². The van der Waals surface area contributed by atoms with Gasteiger partial charge in [0.25, 0.3) is 0 Å². The summed E-state index contributed by atoms with van der Waals surface area (Å²) < 4.78 is 5.06. The van der Waals surface area contributed by atoms with Crippen molar-refractivity contribution >= 4 is 23.2 Å². The molecule has 0 aromatic heterocycles. The van der Waals surface area contributed by atoms with E-state index in [1.807, 2.05) is 18.2 Å². The monoisotopic (exact) mass is 261 g/mol. The van der Waals surface area contributed by atoms with Gasteiger partial charge in [-0.15, -0.1) is 0 Å². The lowest BCUT2D eigenvalue weighted by Crippen LogP contribution is -2.53. The van der Waals surface area contributed by atoms with E-state index in [2.05, 4.69) is 10.6 Å². The highest BCUT2D eigenvalue weighted by Gasteiger charge is 2.34. The van der Waals surface area contributed by atoms with Crippen molar-refractivity contribution in [2.24, 2.45) is 5.92 Å². The minimum Gasteiger partial charge on any atom is -0.497 e. The smallest absolute Gasteiger partial charge is 0.245 e.